The summed E-state index contributed by atoms with van der Waals surface area (Å²) in [5.41, 5.74) is 0. The molecule has 2 atom stereocenters. The molecule has 0 spiro atoms. The lowest BCUT2D eigenvalue weighted by atomic mass is 9.93. The Bertz CT molecular complexity index is 513. The first kappa shape index (κ1) is 11.6. The van der Waals surface area contributed by atoms with Gasteiger partial charge in [-0.25, -0.2) is 14.7 Å². The first-order valence-corrected chi connectivity index (χ1v) is 6.96. The van der Waals surface area contributed by atoms with E-state index in [0.29, 0.717) is 17.6 Å². The number of urea groups is 1. The quantitative estimate of drug-likeness (QED) is 0.730. The molecular formula is C12H15N3O2S. The second kappa shape index (κ2) is 4.05. The summed E-state index contributed by atoms with van der Waals surface area (Å²) in [6.45, 7) is 4.73. The van der Waals surface area contributed by atoms with Crippen LogP contribution >= 0.6 is 11.3 Å². The number of nitrogens with zero attached hydrogens (tertiary/aromatic N) is 3. The minimum absolute atomic E-state index is 0.110. The molecule has 2 aliphatic rings. The zero-order valence-electron chi connectivity index (χ0n) is 10.4. The third-order valence-corrected chi connectivity index (χ3v) is 4.51. The number of carbonyl (C=O) groups is 2. The van der Waals surface area contributed by atoms with Crippen LogP contribution in [-0.4, -0.2) is 34.4 Å². The van der Waals surface area contributed by atoms with Crippen molar-refractivity contribution in [2.45, 2.75) is 32.7 Å². The molecule has 3 rings (SSSR count). The highest BCUT2D eigenvalue weighted by Crippen LogP contribution is 2.34. The number of carbonyl (C=O) groups excluding carboxylic acids is 2. The molecule has 1 aromatic heterocycles. The van der Waals surface area contributed by atoms with Gasteiger partial charge in [-0.3, -0.25) is 4.79 Å². The van der Waals surface area contributed by atoms with E-state index in [1.807, 2.05) is 6.92 Å². The van der Waals surface area contributed by atoms with Crippen LogP contribution in [0.25, 0.3) is 0 Å². The number of aryl methyl sites for hydroxylation is 1. The van der Waals surface area contributed by atoms with Crippen LogP contribution in [0.15, 0.2) is 6.20 Å². The Labute approximate surface area is 109 Å². The van der Waals surface area contributed by atoms with Gasteiger partial charge < -0.3 is 4.90 Å². The van der Waals surface area contributed by atoms with Gasteiger partial charge in [0, 0.05) is 17.6 Å². The highest BCUT2D eigenvalue weighted by Gasteiger charge is 2.48. The van der Waals surface area contributed by atoms with E-state index >= 15 is 0 Å². The third kappa shape index (κ3) is 1.63. The number of hydrogen-bond donors (Lipinski definition) is 0. The fraction of sp³-hybridized carbons (Fsp3) is 0.583. The second-order valence-electron chi connectivity index (χ2n) is 5.05. The van der Waals surface area contributed by atoms with Crippen LogP contribution < -0.4 is 4.90 Å². The van der Waals surface area contributed by atoms with Crippen LogP contribution in [0.3, 0.4) is 0 Å². The first-order valence-electron chi connectivity index (χ1n) is 6.15. The van der Waals surface area contributed by atoms with Crippen LogP contribution in [0.1, 0.15) is 24.6 Å². The largest absolute Gasteiger partial charge is 0.333 e. The average molecular weight is 265 g/mol. The number of hydrogen-bond acceptors (Lipinski definition) is 4. The fourth-order valence-corrected chi connectivity index (χ4v) is 3.36. The predicted molar refractivity (Wildman–Crippen MR) is 68.6 cm³/mol. The van der Waals surface area contributed by atoms with E-state index in [2.05, 4.69) is 11.9 Å². The number of rotatable bonds is 1. The summed E-state index contributed by atoms with van der Waals surface area (Å²) >= 11 is 1.39. The molecule has 6 heteroatoms. The monoisotopic (exact) mass is 265 g/mol. The number of anilines is 1. The Balaban J connectivity index is 1.93. The van der Waals surface area contributed by atoms with Crippen LogP contribution in [0.2, 0.25) is 0 Å². The van der Waals surface area contributed by atoms with E-state index in [4.69, 9.17) is 0 Å². The molecular weight excluding hydrogens is 250 g/mol. The fourth-order valence-electron chi connectivity index (χ4n) is 2.60. The van der Waals surface area contributed by atoms with E-state index < -0.39 is 0 Å². The maximum absolute atomic E-state index is 12.3. The molecule has 0 radical (unpaired) electrons. The van der Waals surface area contributed by atoms with Crippen LogP contribution in [0.4, 0.5) is 9.93 Å². The summed E-state index contributed by atoms with van der Waals surface area (Å²) in [6, 6.07) is -0.475. The summed E-state index contributed by atoms with van der Waals surface area (Å²) in [6.07, 6.45) is 3.44. The number of thiazole rings is 1. The van der Waals surface area contributed by atoms with Crippen molar-refractivity contribution >= 4 is 28.4 Å². The summed E-state index contributed by atoms with van der Waals surface area (Å²) in [5.74, 6) is 0.391. The van der Waals surface area contributed by atoms with Gasteiger partial charge in [0.05, 0.1) is 0 Å². The molecule has 3 amide bonds. The van der Waals surface area contributed by atoms with Crippen molar-refractivity contribution < 1.29 is 9.59 Å². The van der Waals surface area contributed by atoms with E-state index in [-0.39, 0.29) is 18.0 Å². The van der Waals surface area contributed by atoms with Gasteiger partial charge in [-0.05, 0) is 25.7 Å². The van der Waals surface area contributed by atoms with Crippen molar-refractivity contribution in [2.75, 3.05) is 11.4 Å². The normalized spacial score (nSPS) is 27.9. The minimum atomic E-state index is -0.273. The molecule has 96 valence electrons. The molecule has 0 aliphatic carbocycles. The van der Waals surface area contributed by atoms with Gasteiger partial charge in [-0.2, -0.15) is 0 Å². The number of piperidine rings is 1. The van der Waals surface area contributed by atoms with Gasteiger partial charge in [0.2, 0.25) is 5.13 Å². The molecule has 0 unspecified atom stereocenters. The summed E-state index contributed by atoms with van der Waals surface area (Å²) < 4.78 is 0. The Morgan fingerprint density at radius 3 is 2.89 bits per heavy atom. The van der Waals surface area contributed by atoms with E-state index in [0.717, 1.165) is 17.7 Å². The SMILES string of the molecule is Cc1cnc(N2C(=O)[C@@H]3C[C@H](C)CCN3C2=O)s1. The van der Waals surface area contributed by atoms with Gasteiger partial charge >= 0.3 is 6.03 Å². The third-order valence-electron chi connectivity index (χ3n) is 3.61. The van der Waals surface area contributed by atoms with Crippen molar-refractivity contribution in [3.05, 3.63) is 11.1 Å². The van der Waals surface area contributed by atoms with Crippen molar-refractivity contribution in [3.8, 4) is 0 Å². The summed E-state index contributed by atoms with van der Waals surface area (Å²) in [4.78, 5) is 32.7. The predicted octanol–water partition coefficient (Wildman–Crippen LogP) is 2.02. The highest BCUT2D eigenvalue weighted by molar-refractivity contribution is 7.15. The van der Waals surface area contributed by atoms with Crippen molar-refractivity contribution in [1.29, 1.82) is 0 Å². The molecule has 18 heavy (non-hydrogen) atoms. The molecule has 2 aliphatic heterocycles. The van der Waals surface area contributed by atoms with E-state index in [1.165, 1.54) is 16.2 Å². The lowest BCUT2D eigenvalue weighted by Gasteiger charge is -2.30. The molecule has 1 aromatic rings. The highest BCUT2D eigenvalue weighted by atomic mass is 32.1. The number of fused-ring (bicyclic) bond motifs is 1. The topological polar surface area (TPSA) is 53.5 Å². The van der Waals surface area contributed by atoms with E-state index in [1.54, 1.807) is 11.1 Å². The van der Waals surface area contributed by atoms with Crippen LogP contribution in [0, 0.1) is 12.8 Å². The molecule has 0 aromatic carbocycles. The van der Waals surface area contributed by atoms with E-state index in [9.17, 15) is 9.59 Å². The number of amides is 3. The van der Waals surface area contributed by atoms with Gasteiger partial charge in [-0.1, -0.05) is 6.92 Å². The van der Waals surface area contributed by atoms with Gasteiger partial charge in [0.25, 0.3) is 5.91 Å². The summed E-state index contributed by atoms with van der Waals surface area (Å²) in [7, 11) is 0. The smallest absolute Gasteiger partial charge is 0.312 e. The molecule has 5 nitrogen and oxygen atoms in total. The first-order chi connectivity index (χ1) is 8.58. The zero-order chi connectivity index (χ0) is 12.9. The van der Waals surface area contributed by atoms with Gasteiger partial charge in [-0.15, -0.1) is 11.3 Å². The second-order valence-corrected chi connectivity index (χ2v) is 6.26. The number of imide groups is 1. The van der Waals surface area contributed by atoms with Crippen LogP contribution in [-0.2, 0) is 4.79 Å². The molecule has 0 saturated carbocycles. The average Bonchev–Trinajstić information content (AvgIpc) is 2.84. The standard InChI is InChI=1S/C12H15N3O2S/c1-7-3-4-14-9(5-7)10(16)15(12(14)17)11-13-6-8(2)18-11/h6-7,9H,3-5H2,1-2H3/t7-,9+/m1/s1. The Morgan fingerprint density at radius 1 is 1.44 bits per heavy atom. The molecule has 2 fully saturated rings. The summed E-state index contributed by atoms with van der Waals surface area (Å²) in [5, 5.41) is 0.504. The lowest BCUT2D eigenvalue weighted by Crippen LogP contribution is -2.41. The molecule has 3 heterocycles. The van der Waals surface area contributed by atoms with Crippen LogP contribution in [0.5, 0.6) is 0 Å². The molecule has 0 bridgehead atoms. The Kier molecular flexibility index (Phi) is 2.62. The molecule has 0 N–H and O–H groups in total. The Morgan fingerprint density at radius 2 is 2.22 bits per heavy atom. The van der Waals surface area contributed by atoms with Crippen molar-refractivity contribution in [1.82, 2.24) is 9.88 Å². The van der Waals surface area contributed by atoms with Gasteiger partial charge in [0.1, 0.15) is 6.04 Å². The lowest BCUT2D eigenvalue weighted by molar-refractivity contribution is -0.120. The maximum Gasteiger partial charge on any atom is 0.333 e. The Hall–Kier alpha value is -1.43. The minimum Gasteiger partial charge on any atom is -0.312 e. The maximum atomic E-state index is 12.3. The molecule has 2 saturated heterocycles. The number of aromatic nitrogens is 1. The zero-order valence-corrected chi connectivity index (χ0v) is 11.2. The van der Waals surface area contributed by atoms with Crippen molar-refractivity contribution in [3.63, 3.8) is 0 Å². The van der Waals surface area contributed by atoms with Crippen molar-refractivity contribution in [2.24, 2.45) is 5.92 Å². The van der Waals surface area contributed by atoms with Gasteiger partial charge in [0.15, 0.2) is 0 Å².